The normalized spacial score (nSPS) is 11.9. The highest BCUT2D eigenvalue weighted by Crippen LogP contribution is 2.29. The van der Waals surface area contributed by atoms with E-state index >= 15 is 0 Å². The van der Waals surface area contributed by atoms with Crippen LogP contribution in [0.25, 0.3) is 0 Å². The van der Waals surface area contributed by atoms with E-state index < -0.39 is 0 Å². The third kappa shape index (κ3) is 5.17. The minimum atomic E-state index is -0.0229. The largest absolute Gasteiger partial charge is 0.356 e. The number of rotatable bonds is 8. The molecule has 1 N–H and O–H groups in total. The summed E-state index contributed by atoms with van der Waals surface area (Å²) in [7, 11) is 0. The zero-order valence-electron chi connectivity index (χ0n) is 14.4. The van der Waals surface area contributed by atoms with Crippen LogP contribution < -0.4 is 5.32 Å². The molecule has 5 nitrogen and oxygen atoms in total. The van der Waals surface area contributed by atoms with Gasteiger partial charge in [0.05, 0.1) is 6.20 Å². The van der Waals surface area contributed by atoms with Crippen LogP contribution in [0.2, 0.25) is 5.02 Å². The Kier molecular flexibility index (Phi) is 6.39. The van der Waals surface area contributed by atoms with Crippen molar-refractivity contribution in [3.8, 4) is 0 Å². The van der Waals surface area contributed by atoms with E-state index in [1.165, 1.54) is 0 Å². The van der Waals surface area contributed by atoms with Gasteiger partial charge in [-0.15, -0.1) is 5.10 Å². The van der Waals surface area contributed by atoms with Gasteiger partial charge in [-0.1, -0.05) is 59.3 Å². The summed E-state index contributed by atoms with van der Waals surface area (Å²) in [5.74, 6) is 0.00244. The van der Waals surface area contributed by atoms with Gasteiger partial charge in [0.2, 0.25) is 5.91 Å². The molecular formula is C20H21ClN4O. The number of benzene rings is 2. The van der Waals surface area contributed by atoms with Gasteiger partial charge in [-0.3, -0.25) is 9.48 Å². The molecular weight excluding hydrogens is 348 g/mol. The average Bonchev–Trinajstić information content (AvgIpc) is 3.17. The van der Waals surface area contributed by atoms with Gasteiger partial charge in [-0.2, -0.15) is 0 Å². The summed E-state index contributed by atoms with van der Waals surface area (Å²) in [6.45, 7) is 1.34. The van der Waals surface area contributed by atoms with E-state index in [0.29, 0.717) is 18.0 Å². The predicted molar refractivity (Wildman–Crippen MR) is 102 cm³/mol. The number of aryl methyl sites for hydroxylation is 1. The van der Waals surface area contributed by atoms with E-state index in [1.54, 1.807) is 10.9 Å². The Morgan fingerprint density at radius 1 is 1.12 bits per heavy atom. The first kappa shape index (κ1) is 18.1. The first-order chi connectivity index (χ1) is 12.7. The van der Waals surface area contributed by atoms with Crippen molar-refractivity contribution in [1.82, 2.24) is 20.3 Å². The second kappa shape index (κ2) is 9.15. The SMILES string of the molecule is O=C(C[C@H](c1ccccc1)c1cccc(Cl)c1)NCCCn1ccnn1. The molecule has 0 aliphatic heterocycles. The summed E-state index contributed by atoms with van der Waals surface area (Å²) in [4.78, 5) is 12.5. The maximum Gasteiger partial charge on any atom is 0.220 e. The lowest BCUT2D eigenvalue weighted by atomic mass is 9.88. The molecule has 26 heavy (non-hydrogen) atoms. The highest BCUT2D eigenvalue weighted by Gasteiger charge is 2.18. The van der Waals surface area contributed by atoms with Gasteiger partial charge >= 0.3 is 0 Å². The fraction of sp³-hybridized carbons (Fsp3) is 0.250. The van der Waals surface area contributed by atoms with Crippen LogP contribution in [0.3, 0.4) is 0 Å². The Labute approximate surface area is 158 Å². The molecule has 0 aliphatic carbocycles. The van der Waals surface area contributed by atoms with Gasteiger partial charge in [-0.05, 0) is 29.7 Å². The number of nitrogens with zero attached hydrogens (tertiary/aromatic N) is 3. The van der Waals surface area contributed by atoms with E-state index in [2.05, 4.69) is 15.6 Å². The molecule has 3 aromatic rings. The van der Waals surface area contributed by atoms with Crippen molar-refractivity contribution in [2.24, 2.45) is 0 Å². The van der Waals surface area contributed by atoms with Gasteiger partial charge in [0.25, 0.3) is 0 Å². The molecule has 0 saturated heterocycles. The third-order valence-corrected chi connectivity index (χ3v) is 4.44. The summed E-state index contributed by atoms with van der Waals surface area (Å²) in [5, 5.41) is 11.3. The van der Waals surface area contributed by atoms with Crippen LogP contribution in [0.5, 0.6) is 0 Å². The van der Waals surface area contributed by atoms with E-state index in [4.69, 9.17) is 11.6 Å². The maximum atomic E-state index is 12.5. The van der Waals surface area contributed by atoms with Gasteiger partial charge in [0.1, 0.15) is 0 Å². The quantitative estimate of drug-likeness (QED) is 0.617. The molecule has 0 fully saturated rings. The van der Waals surface area contributed by atoms with Crippen molar-refractivity contribution in [1.29, 1.82) is 0 Å². The second-order valence-electron chi connectivity index (χ2n) is 6.09. The first-order valence-electron chi connectivity index (χ1n) is 8.63. The molecule has 6 heteroatoms. The minimum absolute atomic E-state index is 0.0229. The molecule has 0 spiro atoms. The Bertz CT molecular complexity index is 821. The maximum absolute atomic E-state index is 12.5. The molecule has 0 aliphatic rings. The number of amides is 1. The van der Waals surface area contributed by atoms with Crippen LogP contribution in [0, 0.1) is 0 Å². The number of halogens is 1. The van der Waals surface area contributed by atoms with Crippen LogP contribution in [0.4, 0.5) is 0 Å². The fourth-order valence-electron chi connectivity index (χ4n) is 2.92. The van der Waals surface area contributed by atoms with E-state index in [-0.39, 0.29) is 11.8 Å². The number of hydrogen-bond acceptors (Lipinski definition) is 3. The van der Waals surface area contributed by atoms with Crippen molar-refractivity contribution in [2.45, 2.75) is 25.3 Å². The second-order valence-corrected chi connectivity index (χ2v) is 6.53. The molecule has 2 aromatic carbocycles. The molecule has 0 radical (unpaired) electrons. The summed E-state index contributed by atoms with van der Waals surface area (Å²) in [6.07, 6.45) is 4.65. The smallest absolute Gasteiger partial charge is 0.220 e. The number of aromatic nitrogens is 3. The Morgan fingerprint density at radius 2 is 1.92 bits per heavy atom. The monoisotopic (exact) mass is 368 g/mol. The van der Waals surface area contributed by atoms with Gasteiger partial charge < -0.3 is 5.32 Å². The Balaban J connectivity index is 1.61. The number of carbonyl (C=O) groups excluding carboxylic acids is 1. The number of nitrogens with one attached hydrogen (secondary N) is 1. The average molecular weight is 369 g/mol. The van der Waals surface area contributed by atoms with Crippen LogP contribution in [0.1, 0.15) is 29.9 Å². The molecule has 1 atom stereocenters. The lowest BCUT2D eigenvalue weighted by Crippen LogP contribution is -2.27. The Morgan fingerprint density at radius 3 is 2.65 bits per heavy atom. The minimum Gasteiger partial charge on any atom is -0.356 e. The van der Waals surface area contributed by atoms with Crippen molar-refractivity contribution < 1.29 is 4.79 Å². The highest BCUT2D eigenvalue weighted by atomic mass is 35.5. The van der Waals surface area contributed by atoms with Crippen molar-refractivity contribution in [3.63, 3.8) is 0 Å². The van der Waals surface area contributed by atoms with Crippen LogP contribution in [-0.4, -0.2) is 27.4 Å². The Hall–Kier alpha value is -2.66. The van der Waals surface area contributed by atoms with Crippen molar-refractivity contribution >= 4 is 17.5 Å². The van der Waals surface area contributed by atoms with Crippen molar-refractivity contribution in [2.75, 3.05) is 6.54 Å². The lowest BCUT2D eigenvalue weighted by molar-refractivity contribution is -0.121. The van der Waals surface area contributed by atoms with E-state index in [0.717, 1.165) is 24.1 Å². The third-order valence-electron chi connectivity index (χ3n) is 4.20. The fourth-order valence-corrected chi connectivity index (χ4v) is 3.11. The highest BCUT2D eigenvalue weighted by molar-refractivity contribution is 6.30. The first-order valence-corrected chi connectivity index (χ1v) is 9.01. The standard InChI is InChI=1S/C20H21ClN4O/c21-18-9-4-8-17(14-18)19(16-6-2-1-3-7-16)15-20(26)22-10-5-12-25-13-11-23-24-25/h1-4,6-9,11,13-14,19H,5,10,12,15H2,(H,22,26)/t19-/m1/s1. The number of hydrogen-bond donors (Lipinski definition) is 1. The molecule has 1 aromatic heterocycles. The summed E-state index contributed by atoms with van der Waals surface area (Å²) in [5.41, 5.74) is 2.15. The van der Waals surface area contributed by atoms with Gasteiger partial charge in [0.15, 0.2) is 0 Å². The summed E-state index contributed by atoms with van der Waals surface area (Å²) in [6, 6.07) is 17.8. The lowest BCUT2D eigenvalue weighted by Gasteiger charge is -2.18. The van der Waals surface area contributed by atoms with Gasteiger partial charge in [0, 0.05) is 36.6 Å². The molecule has 134 valence electrons. The van der Waals surface area contributed by atoms with Crippen LogP contribution >= 0.6 is 11.6 Å². The van der Waals surface area contributed by atoms with E-state index in [1.807, 2.05) is 60.8 Å². The number of carbonyl (C=O) groups is 1. The summed E-state index contributed by atoms with van der Waals surface area (Å²) >= 11 is 6.15. The molecule has 0 saturated carbocycles. The summed E-state index contributed by atoms with van der Waals surface area (Å²) < 4.78 is 1.75. The molecule has 1 heterocycles. The van der Waals surface area contributed by atoms with Crippen molar-refractivity contribution in [3.05, 3.63) is 83.1 Å². The van der Waals surface area contributed by atoms with Crippen LogP contribution in [-0.2, 0) is 11.3 Å². The predicted octanol–water partition coefficient (Wildman–Crippen LogP) is 3.66. The molecule has 1 amide bonds. The molecule has 0 unspecified atom stereocenters. The topological polar surface area (TPSA) is 59.8 Å². The zero-order chi connectivity index (χ0) is 18.2. The molecule has 0 bridgehead atoms. The van der Waals surface area contributed by atoms with Crippen LogP contribution in [0.15, 0.2) is 67.0 Å². The van der Waals surface area contributed by atoms with Gasteiger partial charge in [-0.25, -0.2) is 0 Å². The zero-order valence-corrected chi connectivity index (χ0v) is 15.1. The molecule has 3 rings (SSSR count). The van der Waals surface area contributed by atoms with E-state index in [9.17, 15) is 4.79 Å².